The van der Waals surface area contributed by atoms with Crippen LogP contribution in [0.25, 0.3) is 33.3 Å². The Kier molecular flexibility index (Phi) is 4.56. The van der Waals surface area contributed by atoms with Crippen LogP contribution in [0.4, 0.5) is 10.1 Å². The lowest BCUT2D eigenvalue weighted by Gasteiger charge is -2.44. The van der Waals surface area contributed by atoms with E-state index in [-0.39, 0.29) is 5.82 Å². The van der Waals surface area contributed by atoms with Crippen LogP contribution in [-0.4, -0.2) is 54.4 Å². The molecule has 1 saturated heterocycles. The van der Waals surface area contributed by atoms with Gasteiger partial charge in [-0.3, -0.25) is 5.10 Å². The molecule has 0 bridgehead atoms. The zero-order valence-corrected chi connectivity index (χ0v) is 18.2. The summed E-state index contributed by atoms with van der Waals surface area (Å²) in [5.41, 5.74) is 4.87. The Labute approximate surface area is 190 Å². The second kappa shape index (κ2) is 7.61. The first-order valence-electron chi connectivity index (χ1n) is 11.0. The van der Waals surface area contributed by atoms with Gasteiger partial charge in [0, 0.05) is 41.7 Å². The average molecular weight is 439 g/mol. The molecule has 2 aliphatic rings. The zero-order valence-electron chi connectivity index (χ0n) is 18.2. The smallest absolute Gasteiger partial charge is 0.143 e. The highest BCUT2D eigenvalue weighted by molar-refractivity contribution is 5.98. The number of fused-ring (bicyclic) bond motifs is 4. The van der Waals surface area contributed by atoms with E-state index < -0.39 is 0 Å². The predicted octanol–water partition coefficient (Wildman–Crippen LogP) is 4.42. The topological polar surface area (TPSA) is 68.2 Å². The van der Waals surface area contributed by atoms with Crippen LogP contribution in [0.3, 0.4) is 0 Å². The first kappa shape index (κ1) is 19.8. The number of anilines is 1. The van der Waals surface area contributed by atoms with E-state index in [0.717, 1.165) is 53.2 Å². The molecule has 2 aliphatic heterocycles. The minimum absolute atomic E-state index is 0.359. The number of aromatic nitrogens is 2. The van der Waals surface area contributed by atoms with Crippen molar-refractivity contribution in [2.45, 2.75) is 6.04 Å². The number of hydrogen-bond acceptors (Lipinski definition) is 5. The van der Waals surface area contributed by atoms with Gasteiger partial charge in [0.05, 0.1) is 28.9 Å². The third-order valence-electron chi connectivity index (χ3n) is 6.65. The fourth-order valence-corrected chi connectivity index (χ4v) is 4.95. The number of ether oxygens (including phenoxy) is 1. The van der Waals surface area contributed by atoms with Gasteiger partial charge in [-0.2, -0.15) is 10.4 Å². The van der Waals surface area contributed by atoms with Crippen molar-refractivity contribution in [3.05, 3.63) is 66.0 Å². The van der Waals surface area contributed by atoms with Crippen molar-refractivity contribution < 1.29 is 9.13 Å². The molecule has 164 valence electrons. The van der Waals surface area contributed by atoms with E-state index in [2.05, 4.69) is 45.2 Å². The van der Waals surface area contributed by atoms with Crippen molar-refractivity contribution >= 4 is 16.6 Å². The maximum atomic E-state index is 14.5. The van der Waals surface area contributed by atoms with Crippen LogP contribution >= 0.6 is 0 Å². The second-order valence-electron chi connectivity index (χ2n) is 8.71. The molecule has 1 atom stereocenters. The van der Waals surface area contributed by atoms with E-state index >= 15 is 0 Å². The number of nitrogens with zero attached hydrogens (tertiary/aromatic N) is 4. The van der Waals surface area contributed by atoms with Crippen LogP contribution in [0.5, 0.6) is 5.75 Å². The average Bonchev–Trinajstić information content (AvgIpc) is 3.25. The third kappa shape index (κ3) is 3.22. The summed E-state index contributed by atoms with van der Waals surface area (Å²) in [6.07, 6.45) is 0. The monoisotopic (exact) mass is 439 g/mol. The lowest BCUT2D eigenvalue weighted by molar-refractivity contribution is 0.188. The van der Waals surface area contributed by atoms with E-state index in [0.29, 0.717) is 29.3 Å². The van der Waals surface area contributed by atoms with Crippen molar-refractivity contribution in [1.29, 1.82) is 5.26 Å². The number of rotatable bonds is 2. The molecular weight excluding hydrogens is 417 g/mol. The highest BCUT2D eigenvalue weighted by Crippen LogP contribution is 2.40. The molecule has 4 aromatic rings. The van der Waals surface area contributed by atoms with E-state index in [1.54, 1.807) is 24.3 Å². The predicted molar refractivity (Wildman–Crippen MR) is 126 cm³/mol. The van der Waals surface area contributed by atoms with Gasteiger partial charge in [-0.05, 0) is 37.4 Å². The zero-order chi connectivity index (χ0) is 22.5. The van der Waals surface area contributed by atoms with Crippen molar-refractivity contribution in [1.82, 2.24) is 15.1 Å². The molecule has 6 rings (SSSR count). The second-order valence-corrected chi connectivity index (χ2v) is 8.71. The Morgan fingerprint density at radius 1 is 1.12 bits per heavy atom. The van der Waals surface area contributed by atoms with Crippen molar-refractivity contribution in [2.24, 2.45) is 0 Å². The van der Waals surface area contributed by atoms with Gasteiger partial charge in [0.15, 0.2) is 0 Å². The Bertz CT molecular complexity index is 1420. The number of hydrogen-bond donors (Lipinski definition) is 1. The summed E-state index contributed by atoms with van der Waals surface area (Å²) in [5.74, 6) is 0.495. The number of halogens is 1. The van der Waals surface area contributed by atoms with Crippen molar-refractivity contribution in [2.75, 3.05) is 38.2 Å². The Morgan fingerprint density at radius 2 is 2.00 bits per heavy atom. The summed E-state index contributed by atoms with van der Waals surface area (Å²) in [7, 11) is 2.14. The molecule has 6 nitrogen and oxygen atoms in total. The van der Waals surface area contributed by atoms with Crippen molar-refractivity contribution in [3.8, 4) is 34.2 Å². The van der Waals surface area contributed by atoms with Crippen LogP contribution in [0.2, 0.25) is 0 Å². The summed E-state index contributed by atoms with van der Waals surface area (Å²) < 4.78 is 20.7. The fraction of sp³-hybridized carbons (Fsp3) is 0.231. The molecule has 0 spiro atoms. The summed E-state index contributed by atoms with van der Waals surface area (Å²) in [5, 5.41) is 18.1. The summed E-state index contributed by atoms with van der Waals surface area (Å²) in [6, 6.07) is 18.8. The molecule has 0 amide bonds. The van der Waals surface area contributed by atoms with Gasteiger partial charge in [0.2, 0.25) is 0 Å². The van der Waals surface area contributed by atoms with Crippen LogP contribution < -0.4 is 9.64 Å². The molecule has 0 saturated carbocycles. The van der Waals surface area contributed by atoms with Crippen molar-refractivity contribution in [3.63, 3.8) is 0 Å². The molecule has 0 radical (unpaired) electrons. The number of piperazine rings is 1. The Balaban J connectivity index is 1.45. The molecule has 1 aromatic heterocycles. The van der Waals surface area contributed by atoms with E-state index in [4.69, 9.17) is 4.74 Å². The van der Waals surface area contributed by atoms with Gasteiger partial charge in [-0.1, -0.05) is 24.3 Å². The molecular formula is C26H22FN5O. The SMILES string of the molecule is CN1CCN2c3ccc(-c4n[nH]c5cc(C#N)c(-c6ccccc6F)cc45)cc3OC[C@H]2C1. The van der Waals surface area contributed by atoms with Gasteiger partial charge in [0.1, 0.15) is 23.9 Å². The summed E-state index contributed by atoms with van der Waals surface area (Å²) in [6.45, 7) is 3.66. The quantitative estimate of drug-likeness (QED) is 0.501. The minimum atomic E-state index is -0.359. The van der Waals surface area contributed by atoms with Crippen LogP contribution in [0.1, 0.15) is 5.56 Å². The van der Waals surface area contributed by atoms with Gasteiger partial charge in [0.25, 0.3) is 0 Å². The summed E-state index contributed by atoms with van der Waals surface area (Å²) in [4.78, 5) is 4.77. The lowest BCUT2D eigenvalue weighted by Crippen LogP contribution is -2.56. The largest absolute Gasteiger partial charge is 0.489 e. The molecule has 3 aromatic carbocycles. The number of aromatic amines is 1. The standard InChI is InChI=1S/C26H22FN5O/c1-31-8-9-32-18(14-31)15-33-25-11-16(6-7-24(25)32)26-21-12-20(19-4-2-3-5-22(19)27)17(13-28)10-23(21)29-30-26/h2-7,10-12,18H,8-9,14-15H2,1H3,(H,29,30)/t18-/m1/s1. The normalized spacial score (nSPS) is 17.8. The number of nitrogens with one attached hydrogen (secondary N) is 1. The Hall–Kier alpha value is -3.89. The third-order valence-corrected chi connectivity index (χ3v) is 6.65. The molecule has 3 heterocycles. The summed E-state index contributed by atoms with van der Waals surface area (Å²) >= 11 is 0. The van der Waals surface area contributed by atoms with Gasteiger partial charge >= 0.3 is 0 Å². The molecule has 33 heavy (non-hydrogen) atoms. The van der Waals surface area contributed by atoms with Crippen LogP contribution in [0, 0.1) is 17.1 Å². The number of benzene rings is 3. The Morgan fingerprint density at radius 3 is 2.85 bits per heavy atom. The number of nitriles is 1. The van der Waals surface area contributed by atoms with E-state index in [9.17, 15) is 9.65 Å². The van der Waals surface area contributed by atoms with Crippen LogP contribution in [0.15, 0.2) is 54.6 Å². The fourth-order valence-electron chi connectivity index (χ4n) is 4.95. The number of H-pyrrole nitrogens is 1. The molecule has 7 heteroatoms. The van der Waals surface area contributed by atoms with Gasteiger partial charge < -0.3 is 14.5 Å². The molecule has 0 unspecified atom stereocenters. The maximum absolute atomic E-state index is 14.5. The molecule has 0 aliphatic carbocycles. The van der Waals surface area contributed by atoms with Gasteiger partial charge in [-0.25, -0.2) is 4.39 Å². The highest BCUT2D eigenvalue weighted by Gasteiger charge is 2.32. The first-order valence-corrected chi connectivity index (χ1v) is 11.0. The lowest BCUT2D eigenvalue weighted by atomic mass is 9.96. The number of likely N-dealkylation sites (N-methyl/N-ethyl adjacent to an activating group) is 1. The first-order chi connectivity index (χ1) is 16.1. The van der Waals surface area contributed by atoms with E-state index in [1.165, 1.54) is 6.07 Å². The van der Waals surface area contributed by atoms with E-state index in [1.807, 2.05) is 12.1 Å². The molecule has 1 fully saturated rings. The van der Waals surface area contributed by atoms with Gasteiger partial charge in [-0.15, -0.1) is 0 Å². The maximum Gasteiger partial charge on any atom is 0.143 e. The highest BCUT2D eigenvalue weighted by atomic mass is 19.1. The minimum Gasteiger partial charge on any atom is -0.489 e. The van der Waals surface area contributed by atoms with Crippen LogP contribution in [-0.2, 0) is 0 Å². The molecule has 1 N–H and O–H groups in total.